The number of carbonyl (C=O) groups is 2. The minimum absolute atomic E-state index is 0.157. The molecule has 0 aliphatic carbocycles. The number of aromatic nitrogens is 1. The van der Waals surface area contributed by atoms with Crippen molar-refractivity contribution in [3.05, 3.63) is 23.4 Å². The van der Waals surface area contributed by atoms with Crippen LogP contribution >= 0.6 is 0 Å². The van der Waals surface area contributed by atoms with Crippen LogP contribution in [0.2, 0.25) is 0 Å². The van der Waals surface area contributed by atoms with E-state index in [0.29, 0.717) is 32.5 Å². The zero-order valence-corrected chi connectivity index (χ0v) is 18.8. The number of amides is 1. The molecule has 2 aliphatic heterocycles. The molecule has 7 nitrogen and oxygen atoms in total. The molecule has 1 unspecified atom stereocenters. The van der Waals surface area contributed by atoms with Crippen LogP contribution in [0.3, 0.4) is 0 Å². The maximum absolute atomic E-state index is 12.6. The Balaban J connectivity index is 1.31. The summed E-state index contributed by atoms with van der Waals surface area (Å²) in [4.78, 5) is 28.9. The molecule has 1 saturated heterocycles. The van der Waals surface area contributed by atoms with Gasteiger partial charge in [-0.1, -0.05) is 38.7 Å². The Morgan fingerprint density at radius 1 is 1.19 bits per heavy atom. The minimum atomic E-state index is -0.948. The fourth-order valence-corrected chi connectivity index (χ4v) is 4.33. The largest absolute Gasteiger partial charge is 0.480 e. The molecule has 0 saturated carbocycles. The lowest BCUT2D eigenvalue weighted by molar-refractivity contribution is -0.145. The van der Waals surface area contributed by atoms with Gasteiger partial charge in [0.25, 0.3) is 0 Å². The lowest BCUT2D eigenvalue weighted by atomic mass is 9.81. The van der Waals surface area contributed by atoms with Gasteiger partial charge in [-0.15, -0.1) is 0 Å². The molecule has 7 heteroatoms. The van der Waals surface area contributed by atoms with E-state index in [-0.39, 0.29) is 5.91 Å². The molecule has 0 bridgehead atoms. The summed E-state index contributed by atoms with van der Waals surface area (Å²) in [5.74, 6) is -0.0496. The summed E-state index contributed by atoms with van der Waals surface area (Å²) in [7, 11) is 0. The van der Waals surface area contributed by atoms with Crippen molar-refractivity contribution in [3.8, 4) is 0 Å². The summed E-state index contributed by atoms with van der Waals surface area (Å²) < 4.78 is 5.33. The van der Waals surface area contributed by atoms with Crippen LogP contribution in [0, 0.1) is 5.41 Å². The highest BCUT2D eigenvalue weighted by Gasteiger charge is 2.37. The van der Waals surface area contributed by atoms with Gasteiger partial charge in [0.05, 0.1) is 5.41 Å². The van der Waals surface area contributed by atoms with Crippen molar-refractivity contribution in [2.75, 3.05) is 25.1 Å². The molecule has 0 spiro atoms. The van der Waals surface area contributed by atoms with E-state index in [1.54, 1.807) is 0 Å². The van der Waals surface area contributed by atoms with Crippen molar-refractivity contribution in [1.29, 1.82) is 0 Å². The molecule has 3 rings (SSSR count). The number of ether oxygens (including phenoxy) is 1. The number of unbranched alkanes of at least 4 members (excludes halogenated alkanes) is 4. The highest BCUT2D eigenvalue weighted by atomic mass is 16.5. The van der Waals surface area contributed by atoms with Gasteiger partial charge in [0.15, 0.2) is 0 Å². The number of carboxylic acid groups (broad SMARTS) is 1. The first-order valence-electron chi connectivity index (χ1n) is 11.8. The first kappa shape index (κ1) is 23.5. The van der Waals surface area contributed by atoms with Crippen molar-refractivity contribution in [3.63, 3.8) is 0 Å². The normalized spacial score (nSPS) is 18.5. The molecule has 3 N–H and O–H groups in total. The van der Waals surface area contributed by atoms with Gasteiger partial charge in [-0.25, -0.2) is 9.78 Å². The summed E-state index contributed by atoms with van der Waals surface area (Å²) in [5, 5.41) is 15.7. The van der Waals surface area contributed by atoms with E-state index in [2.05, 4.69) is 22.8 Å². The van der Waals surface area contributed by atoms with E-state index in [0.717, 1.165) is 63.0 Å². The van der Waals surface area contributed by atoms with Gasteiger partial charge in [0, 0.05) is 25.5 Å². The molecule has 172 valence electrons. The molecule has 0 radical (unpaired) electrons. The number of carboxylic acids is 1. The topological polar surface area (TPSA) is 101 Å². The van der Waals surface area contributed by atoms with Crippen LogP contribution < -0.4 is 10.6 Å². The van der Waals surface area contributed by atoms with E-state index in [4.69, 9.17) is 9.72 Å². The summed E-state index contributed by atoms with van der Waals surface area (Å²) >= 11 is 0. The maximum Gasteiger partial charge on any atom is 0.326 e. The zero-order valence-electron chi connectivity index (χ0n) is 18.8. The van der Waals surface area contributed by atoms with Crippen LogP contribution in [0.5, 0.6) is 0 Å². The van der Waals surface area contributed by atoms with Gasteiger partial charge in [0.1, 0.15) is 11.9 Å². The molecule has 1 fully saturated rings. The Morgan fingerprint density at radius 3 is 2.71 bits per heavy atom. The van der Waals surface area contributed by atoms with E-state index < -0.39 is 17.4 Å². The number of aryl methyl sites for hydroxylation is 2. The average Bonchev–Trinajstić information content (AvgIpc) is 2.77. The first-order chi connectivity index (χ1) is 15.0. The summed E-state index contributed by atoms with van der Waals surface area (Å²) in [6, 6.07) is 3.54. The highest BCUT2D eigenvalue weighted by Crippen LogP contribution is 2.30. The molecule has 1 amide bonds. The number of carbonyl (C=O) groups excluding carboxylic acids is 1. The van der Waals surface area contributed by atoms with Crippen molar-refractivity contribution >= 4 is 17.7 Å². The third-order valence-corrected chi connectivity index (χ3v) is 6.63. The van der Waals surface area contributed by atoms with Crippen LogP contribution in [0.25, 0.3) is 0 Å². The third-order valence-electron chi connectivity index (χ3n) is 6.63. The summed E-state index contributed by atoms with van der Waals surface area (Å²) in [5.41, 5.74) is 1.94. The van der Waals surface area contributed by atoms with Gasteiger partial charge in [-0.05, 0) is 56.6 Å². The number of pyridine rings is 1. The van der Waals surface area contributed by atoms with Crippen molar-refractivity contribution in [2.24, 2.45) is 5.41 Å². The maximum atomic E-state index is 12.6. The second-order valence-electron chi connectivity index (χ2n) is 9.18. The van der Waals surface area contributed by atoms with E-state index in [1.807, 2.05) is 6.92 Å². The summed E-state index contributed by atoms with van der Waals surface area (Å²) in [6.07, 6.45) is 10.1. The Labute approximate surface area is 185 Å². The standard InChI is InChI=1S/C24H37N3O4/c1-24(13-16-31-17-14-24)23(30)27-20(22(28)29)10-6-4-2-3-5-9-19-12-11-18-8-7-15-25-21(18)26-19/h11-12,20H,2-10,13-17H2,1H3,(H,25,26)(H,27,30)(H,28,29). The predicted molar refractivity (Wildman–Crippen MR) is 120 cm³/mol. The smallest absolute Gasteiger partial charge is 0.326 e. The molecule has 0 aromatic carbocycles. The molecule has 1 aromatic rings. The van der Waals surface area contributed by atoms with Gasteiger partial charge in [-0.3, -0.25) is 4.79 Å². The molecular weight excluding hydrogens is 394 g/mol. The molecule has 1 atom stereocenters. The van der Waals surface area contributed by atoms with Crippen LogP contribution in [0.15, 0.2) is 12.1 Å². The van der Waals surface area contributed by atoms with Gasteiger partial charge in [0.2, 0.25) is 5.91 Å². The van der Waals surface area contributed by atoms with E-state index in [1.165, 1.54) is 12.0 Å². The number of anilines is 1. The number of hydrogen-bond donors (Lipinski definition) is 3. The first-order valence-corrected chi connectivity index (χ1v) is 11.8. The molecule has 1 aromatic heterocycles. The number of aliphatic carboxylic acids is 1. The fraction of sp³-hybridized carbons (Fsp3) is 0.708. The van der Waals surface area contributed by atoms with Gasteiger partial charge in [-0.2, -0.15) is 0 Å². The van der Waals surface area contributed by atoms with Crippen molar-refractivity contribution < 1.29 is 19.4 Å². The third kappa shape index (κ3) is 6.92. The number of hydrogen-bond acceptors (Lipinski definition) is 5. The SMILES string of the molecule is CC1(C(=O)NC(CCCCCCCc2ccc3c(n2)NCCC3)C(=O)O)CCOCC1. The van der Waals surface area contributed by atoms with Crippen LogP contribution in [-0.2, 0) is 27.2 Å². The minimum Gasteiger partial charge on any atom is -0.480 e. The van der Waals surface area contributed by atoms with Crippen LogP contribution in [-0.4, -0.2) is 47.8 Å². The number of fused-ring (bicyclic) bond motifs is 1. The van der Waals surface area contributed by atoms with Gasteiger partial charge >= 0.3 is 5.97 Å². The Bertz CT molecular complexity index is 746. The molecular formula is C24H37N3O4. The zero-order chi connectivity index (χ0) is 22.1. The lowest BCUT2D eigenvalue weighted by Gasteiger charge is -2.33. The Morgan fingerprint density at radius 2 is 1.94 bits per heavy atom. The fourth-order valence-electron chi connectivity index (χ4n) is 4.33. The lowest BCUT2D eigenvalue weighted by Crippen LogP contribution is -2.49. The predicted octanol–water partition coefficient (Wildman–Crippen LogP) is 3.71. The van der Waals surface area contributed by atoms with Crippen molar-refractivity contribution in [2.45, 2.75) is 83.6 Å². The van der Waals surface area contributed by atoms with Crippen LogP contribution in [0.4, 0.5) is 5.82 Å². The molecule has 2 aliphatic rings. The number of rotatable bonds is 11. The average molecular weight is 432 g/mol. The summed E-state index contributed by atoms with van der Waals surface area (Å²) in [6.45, 7) is 4.02. The quantitative estimate of drug-likeness (QED) is 0.462. The Hall–Kier alpha value is -2.15. The van der Waals surface area contributed by atoms with Crippen LogP contribution in [0.1, 0.15) is 76.0 Å². The van der Waals surface area contributed by atoms with Crippen molar-refractivity contribution in [1.82, 2.24) is 10.3 Å². The second kappa shape index (κ2) is 11.5. The second-order valence-corrected chi connectivity index (χ2v) is 9.18. The molecule has 3 heterocycles. The highest BCUT2D eigenvalue weighted by molar-refractivity contribution is 5.87. The number of nitrogens with zero attached hydrogens (tertiary/aromatic N) is 1. The van der Waals surface area contributed by atoms with E-state index >= 15 is 0 Å². The van der Waals surface area contributed by atoms with Gasteiger partial charge < -0.3 is 20.5 Å². The number of nitrogens with one attached hydrogen (secondary N) is 2. The monoisotopic (exact) mass is 431 g/mol. The Kier molecular flexibility index (Phi) is 8.69. The van der Waals surface area contributed by atoms with E-state index in [9.17, 15) is 14.7 Å². The molecule has 31 heavy (non-hydrogen) atoms.